The van der Waals surface area contributed by atoms with Gasteiger partial charge in [-0.25, -0.2) is 4.98 Å². The summed E-state index contributed by atoms with van der Waals surface area (Å²) in [5, 5.41) is 13.1. The summed E-state index contributed by atoms with van der Waals surface area (Å²) >= 11 is 0. The van der Waals surface area contributed by atoms with Gasteiger partial charge >= 0.3 is 0 Å². The second-order valence-corrected chi connectivity index (χ2v) is 4.40. The van der Waals surface area contributed by atoms with E-state index in [9.17, 15) is 5.11 Å². The van der Waals surface area contributed by atoms with Crippen molar-refractivity contribution in [2.75, 3.05) is 25.4 Å². The topological polar surface area (TPSA) is 80.4 Å². The number of pyridine rings is 1. The number of aliphatic hydroxyl groups excluding tert-OH is 1. The van der Waals surface area contributed by atoms with E-state index in [-0.39, 0.29) is 0 Å². The summed E-state index contributed by atoms with van der Waals surface area (Å²) in [5.74, 6) is 1.29. The molecular formula is C15H19N3O2. The minimum Gasteiger partial charge on any atom is -0.492 e. The molecule has 1 atom stereocenters. The van der Waals surface area contributed by atoms with Crippen molar-refractivity contribution < 1.29 is 9.84 Å². The zero-order valence-corrected chi connectivity index (χ0v) is 11.2. The molecule has 0 saturated carbocycles. The largest absolute Gasteiger partial charge is 0.492 e. The van der Waals surface area contributed by atoms with E-state index in [4.69, 9.17) is 10.5 Å². The number of nitrogens with two attached hydrogens (primary N) is 1. The van der Waals surface area contributed by atoms with E-state index in [1.165, 1.54) is 0 Å². The Labute approximate surface area is 118 Å². The third kappa shape index (κ3) is 4.53. The van der Waals surface area contributed by atoms with Crippen molar-refractivity contribution in [3.8, 4) is 5.75 Å². The maximum Gasteiger partial charge on any atom is 0.123 e. The molecular weight excluding hydrogens is 254 g/mol. The smallest absolute Gasteiger partial charge is 0.123 e. The summed E-state index contributed by atoms with van der Waals surface area (Å²) in [6.07, 6.45) is 0.988. The summed E-state index contributed by atoms with van der Waals surface area (Å²) in [6.45, 7) is 1.66. The first kappa shape index (κ1) is 14.3. The van der Waals surface area contributed by atoms with Gasteiger partial charge in [-0.15, -0.1) is 0 Å². The molecule has 0 aliphatic carbocycles. The Morgan fingerprint density at radius 2 is 2.00 bits per heavy atom. The van der Waals surface area contributed by atoms with Crippen molar-refractivity contribution in [3.63, 3.8) is 0 Å². The van der Waals surface area contributed by atoms with Crippen molar-refractivity contribution in [3.05, 3.63) is 54.2 Å². The summed E-state index contributed by atoms with van der Waals surface area (Å²) in [7, 11) is 0. The number of nitrogen functional groups attached to an aromatic ring is 1. The van der Waals surface area contributed by atoms with Gasteiger partial charge in [0.15, 0.2) is 0 Å². The van der Waals surface area contributed by atoms with Gasteiger partial charge in [0.2, 0.25) is 0 Å². The highest BCUT2D eigenvalue weighted by Crippen LogP contribution is 2.11. The lowest BCUT2D eigenvalue weighted by molar-refractivity contribution is 0.171. The van der Waals surface area contributed by atoms with Crippen LogP contribution in [-0.2, 0) is 0 Å². The average molecular weight is 273 g/mol. The average Bonchev–Trinajstić information content (AvgIpc) is 2.48. The lowest BCUT2D eigenvalue weighted by Gasteiger charge is -2.12. The number of nitrogens with zero attached hydrogens (tertiary/aromatic N) is 1. The van der Waals surface area contributed by atoms with Gasteiger partial charge in [0.05, 0.1) is 6.10 Å². The van der Waals surface area contributed by atoms with E-state index < -0.39 is 6.10 Å². The normalized spacial score (nSPS) is 12.1. The van der Waals surface area contributed by atoms with Crippen LogP contribution in [0.4, 0.5) is 5.82 Å². The van der Waals surface area contributed by atoms with E-state index in [0.29, 0.717) is 25.5 Å². The van der Waals surface area contributed by atoms with E-state index >= 15 is 0 Å². The third-order valence-corrected chi connectivity index (χ3v) is 2.82. The van der Waals surface area contributed by atoms with Crippen LogP contribution in [0.1, 0.15) is 11.7 Å². The van der Waals surface area contributed by atoms with Crippen molar-refractivity contribution in [1.29, 1.82) is 0 Å². The summed E-state index contributed by atoms with van der Waals surface area (Å²) in [4.78, 5) is 3.95. The van der Waals surface area contributed by atoms with Gasteiger partial charge in [-0.05, 0) is 18.2 Å². The van der Waals surface area contributed by atoms with Crippen molar-refractivity contribution in [1.82, 2.24) is 10.3 Å². The molecule has 0 radical (unpaired) electrons. The molecule has 0 spiro atoms. The molecule has 1 unspecified atom stereocenters. The van der Waals surface area contributed by atoms with Gasteiger partial charge < -0.3 is 20.9 Å². The van der Waals surface area contributed by atoms with Crippen LogP contribution in [0.3, 0.4) is 0 Å². The summed E-state index contributed by atoms with van der Waals surface area (Å²) in [6, 6.07) is 13.1. The van der Waals surface area contributed by atoms with E-state index in [2.05, 4.69) is 10.3 Å². The van der Waals surface area contributed by atoms with Gasteiger partial charge in [0.1, 0.15) is 18.2 Å². The highest BCUT2D eigenvalue weighted by atomic mass is 16.5. The molecule has 0 bridgehead atoms. The second kappa shape index (κ2) is 7.47. The van der Waals surface area contributed by atoms with Crippen LogP contribution >= 0.6 is 0 Å². The number of hydrogen-bond donors (Lipinski definition) is 3. The quantitative estimate of drug-likeness (QED) is 0.664. The first-order valence-corrected chi connectivity index (χ1v) is 6.54. The van der Waals surface area contributed by atoms with Crippen LogP contribution in [-0.4, -0.2) is 29.8 Å². The van der Waals surface area contributed by atoms with Gasteiger partial charge in [0, 0.05) is 24.8 Å². The molecule has 4 N–H and O–H groups in total. The number of aliphatic hydroxyl groups is 1. The lowest BCUT2D eigenvalue weighted by Crippen LogP contribution is -2.26. The lowest BCUT2D eigenvalue weighted by atomic mass is 10.1. The van der Waals surface area contributed by atoms with Gasteiger partial charge in [0.25, 0.3) is 0 Å². The minimum atomic E-state index is -0.597. The summed E-state index contributed by atoms with van der Waals surface area (Å²) in [5.41, 5.74) is 6.24. The van der Waals surface area contributed by atoms with Crippen LogP contribution in [0, 0.1) is 0 Å². The first-order chi connectivity index (χ1) is 9.75. The molecule has 0 saturated heterocycles. The van der Waals surface area contributed by atoms with E-state index in [1.54, 1.807) is 18.3 Å². The maximum atomic E-state index is 9.94. The number of para-hydroxylation sites is 1. The fourth-order valence-electron chi connectivity index (χ4n) is 1.73. The number of hydrogen-bond acceptors (Lipinski definition) is 5. The van der Waals surface area contributed by atoms with Crippen LogP contribution in [0.5, 0.6) is 5.75 Å². The molecule has 0 fully saturated rings. The highest BCUT2D eigenvalue weighted by Gasteiger charge is 2.06. The highest BCUT2D eigenvalue weighted by molar-refractivity contribution is 5.30. The van der Waals surface area contributed by atoms with Crippen LogP contribution in [0.2, 0.25) is 0 Å². The van der Waals surface area contributed by atoms with Crippen molar-refractivity contribution >= 4 is 5.82 Å². The van der Waals surface area contributed by atoms with E-state index in [1.807, 2.05) is 30.3 Å². The number of rotatable bonds is 7. The molecule has 2 aromatic rings. The molecule has 2 rings (SSSR count). The number of aromatic nitrogens is 1. The third-order valence-electron chi connectivity index (χ3n) is 2.82. The molecule has 0 aliphatic heterocycles. The Bertz CT molecular complexity index is 502. The van der Waals surface area contributed by atoms with Gasteiger partial charge in [-0.1, -0.05) is 24.3 Å². The van der Waals surface area contributed by atoms with Crippen LogP contribution in [0.15, 0.2) is 48.7 Å². The maximum absolute atomic E-state index is 9.94. The first-order valence-electron chi connectivity index (χ1n) is 6.54. The molecule has 1 aromatic carbocycles. The molecule has 0 amide bonds. The Hall–Kier alpha value is -2.11. The van der Waals surface area contributed by atoms with E-state index in [0.717, 1.165) is 11.3 Å². The number of ether oxygens (including phenoxy) is 1. The fraction of sp³-hybridized carbons (Fsp3) is 0.267. The molecule has 1 heterocycles. The molecule has 5 nitrogen and oxygen atoms in total. The van der Waals surface area contributed by atoms with Crippen LogP contribution in [0.25, 0.3) is 0 Å². The Morgan fingerprint density at radius 1 is 1.20 bits per heavy atom. The Morgan fingerprint density at radius 3 is 2.70 bits per heavy atom. The molecule has 20 heavy (non-hydrogen) atoms. The Balaban J connectivity index is 1.64. The van der Waals surface area contributed by atoms with Crippen LogP contribution < -0.4 is 15.8 Å². The molecule has 106 valence electrons. The zero-order valence-electron chi connectivity index (χ0n) is 11.2. The fourth-order valence-corrected chi connectivity index (χ4v) is 1.73. The predicted octanol–water partition coefficient (Wildman–Crippen LogP) is 1.37. The SMILES string of the molecule is Nc1ccc(C(O)CNCCOc2ccccc2)cn1. The molecule has 5 heteroatoms. The minimum absolute atomic E-state index is 0.448. The van der Waals surface area contributed by atoms with Crippen molar-refractivity contribution in [2.24, 2.45) is 0 Å². The molecule has 1 aromatic heterocycles. The standard InChI is InChI=1S/C15H19N3O2/c16-15-7-6-12(10-18-15)14(19)11-17-8-9-20-13-4-2-1-3-5-13/h1-7,10,14,17,19H,8-9,11H2,(H2,16,18). The number of nitrogens with one attached hydrogen (secondary N) is 1. The predicted molar refractivity (Wildman–Crippen MR) is 78.4 cm³/mol. The number of anilines is 1. The Kier molecular flexibility index (Phi) is 5.34. The second-order valence-electron chi connectivity index (χ2n) is 4.40. The summed E-state index contributed by atoms with van der Waals surface area (Å²) < 4.78 is 5.54. The monoisotopic (exact) mass is 273 g/mol. The molecule has 0 aliphatic rings. The van der Waals surface area contributed by atoms with Gasteiger partial charge in [-0.2, -0.15) is 0 Å². The number of benzene rings is 1. The zero-order chi connectivity index (χ0) is 14.2. The van der Waals surface area contributed by atoms with Gasteiger partial charge in [-0.3, -0.25) is 0 Å². The van der Waals surface area contributed by atoms with Crippen molar-refractivity contribution in [2.45, 2.75) is 6.10 Å².